The van der Waals surface area contributed by atoms with Crippen molar-refractivity contribution in [2.45, 2.75) is 31.8 Å². The topological polar surface area (TPSA) is 9.23 Å². The van der Waals surface area contributed by atoms with Gasteiger partial charge in [-0.1, -0.05) is 12.8 Å². The van der Waals surface area contributed by atoms with Gasteiger partial charge in [0.05, 0.1) is 6.10 Å². The molecule has 0 spiro atoms. The van der Waals surface area contributed by atoms with Crippen molar-refractivity contribution in [1.82, 2.24) is 0 Å². The van der Waals surface area contributed by atoms with Gasteiger partial charge in [0.25, 0.3) is 0 Å². The summed E-state index contributed by atoms with van der Waals surface area (Å²) in [5.74, 6) is 0. The van der Waals surface area contributed by atoms with Gasteiger partial charge >= 0.3 is 0 Å². The number of halogens is 1. The molecule has 0 aliphatic heterocycles. The van der Waals surface area contributed by atoms with Crippen molar-refractivity contribution < 1.29 is 24.2 Å². The zero-order valence-electron chi connectivity index (χ0n) is 6.51. The molecule has 0 atom stereocenters. The minimum Gasteiger partial charge on any atom is -0.382 e. The van der Waals surface area contributed by atoms with E-state index in [4.69, 9.17) is 4.74 Å². The summed E-state index contributed by atoms with van der Waals surface area (Å²) in [5, 5.41) is 0. The molecule has 58 valence electrons. The predicted molar refractivity (Wildman–Crippen MR) is 49.0 cm³/mol. The summed E-state index contributed by atoms with van der Waals surface area (Å²) in [6.07, 6.45) is 7.86. The van der Waals surface area contributed by atoms with Crippen LogP contribution in [0.1, 0.15) is 25.7 Å². The third kappa shape index (κ3) is 5.03. The van der Waals surface area contributed by atoms with Crippen LogP contribution in [-0.4, -0.2) is 13.2 Å². The van der Waals surface area contributed by atoms with Crippen molar-refractivity contribution in [2.75, 3.05) is 7.11 Å². The van der Waals surface area contributed by atoms with Gasteiger partial charge in [-0.05, 0) is 0 Å². The van der Waals surface area contributed by atoms with Gasteiger partial charge in [-0.2, -0.15) is 12.8 Å². The van der Waals surface area contributed by atoms with Crippen LogP contribution in [0.3, 0.4) is 0 Å². The third-order valence-electron chi connectivity index (χ3n) is 1.72. The maximum atomic E-state index is 5.17. The molecule has 0 radical (unpaired) electrons. The van der Waals surface area contributed by atoms with E-state index in [9.17, 15) is 0 Å². The Morgan fingerprint density at radius 3 is 2.10 bits per heavy atom. The maximum Gasteiger partial charge on any atom is 0.0522 e. The molecule has 1 nitrogen and oxygen atoms in total. The molecule has 1 aliphatic carbocycles. The van der Waals surface area contributed by atoms with Crippen LogP contribution >= 0.6 is 24.0 Å². The summed E-state index contributed by atoms with van der Waals surface area (Å²) in [6.45, 7) is 0. The summed E-state index contributed by atoms with van der Waals surface area (Å²) >= 11 is 0. The molecule has 0 bridgehead atoms. The molecule has 0 amide bonds. The Balaban J connectivity index is 0. The van der Waals surface area contributed by atoms with E-state index >= 15 is 0 Å². The third-order valence-corrected chi connectivity index (χ3v) is 1.72. The van der Waals surface area contributed by atoms with E-state index in [0.717, 1.165) is 0 Å². The first-order valence-corrected chi connectivity index (χ1v) is 3.28. The summed E-state index contributed by atoms with van der Waals surface area (Å²) in [4.78, 5) is 0. The molecule has 0 saturated heterocycles. The molecule has 0 aromatic rings. The molecular formula is C7H14IOZn-. The van der Waals surface area contributed by atoms with Crippen molar-refractivity contribution in [3.63, 3.8) is 0 Å². The SMILES string of the molecule is COC1CC[CH-]CC1.I.[Zn]. The minimum atomic E-state index is 0. The quantitative estimate of drug-likeness (QED) is 0.411. The van der Waals surface area contributed by atoms with E-state index in [1.807, 2.05) is 0 Å². The average Bonchev–Trinajstić information content (AvgIpc) is 1.90. The predicted octanol–water partition coefficient (Wildman–Crippen LogP) is 2.40. The molecule has 1 rings (SSSR count). The van der Waals surface area contributed by atoms with E-state index < -0.39 is 0 Å². The number of ether oxygens (including phenoxy) is 1. The molecular weight excluding hydrogens is 292 g/mol. The summed E-state index contributed by atoms with van der Waals surface area (Å²) in [7, 11) is 1.80. The number of hydrogen-bond acceptors (Lipinski definition) is 1. The average molecular weight is 306 g/mol. The first-order chi connectivity index (χ1) is 3.93. The number of methoxy groups -OCH3 is 1. The van der Waals surface area contributed by atoms with E-state index in [1.54, 1.807) is 7.11 Å². The van der Waals surface area contributed by atoms with Crippen molar-refractivity contribution in [2.24, 2.45) is 0 Å². The smallest absolute Gasteiger partial charge is 0.0522 e. The summed E-state index contributed by atoms with van der Waals surface area (Å²) < 4.78 is 5.17. The first kappa shape index (κ1) is 13.9. The molecule has 3 heteroatoms. The second-order valence-corrected chi connectivity index (χ2v) is 2.30. The molecule has 1 aliphatic rings. The van der Waals surface area contributed by atoms with Crippen molar-refractivity contribution >= 4 is 24.0 Å². The van der Waals surface area contributed by atoms with Gasteiger partial charge in [0, 0.05) is 26.6 Å². The fourth-order valence-electron chi connectivity index (χ4n) is 1.13. The van der Waals surface area contributed by atoms with Gasteiger partial charge in [0.1, 0.15) is 0 Å². The second-order valence-electron chi connectivity index (χ2n) is 2.30. The zero-order chi connectivity index (χ0) is 5.82. The van der Waals surface area contributed by atoms with Gasteiger partial charge in [0.15, 0.2) is 0 Å². The van der Waals surface area contributed by atoms with E-state index in [0.29, 0.717) is 6.10 Å². The van der Waals surface area contributed by atoms with E-state index in [1.165, 1.54) is 25.7 Å². The molecule has 0 aromatic heterocycles. The molecule has 0 heterocycles. The fourth-order valence-corrected chi connectivity index (χ4v) is 1.13. The van der Waals surface area contributed by atoms with Crippen molar-refractivity contribution in [3.8, 4) is 0 Å². The van der Waals surface area contributed by atoms with Gasteiger partial charge in [-0.3, -0.25) is 0 Å². The Morgan fingerprint density at radius 1 is 1.30 bits per heavy atom. The Kier molecular flexibility index (Phi) is 11.7. The van der Waals surface area contributed by atoms with Crippen LogP contribution in [-0.2, 0) is 24.2 Å². The zero-order valence-corrected chi connectivity index (χ0v) is 11.8. The van der Waals surface area contributed by atoms with E-state index in [2.05, 4.69) is 6.42 Å². The fraction of sp³-hybridized carbons (Fsp3) is 0.857. The molecule has 10 heavy (non-hydrogen) atoms. The number of hydrogen-bond donors (Lipinski definition) is 0. The van der Waals surface area contributed by atoms with Crippen LogP contribution in [0.25, 0.3) is 0 Å². The molecule has 0 aromatic carbocycles. The normalized spacial score (nSPS) is 18.9. The maximum absolute atomic E-state index is 5.17. The Morgan fingerprint density at radius 2 is 1.80 bits per heavy atom. The van der Waals surface area contributed by atoms with Gasteiger partial charge in [0.2, 0.25) is 0 Å². The molecule has 0 N–H and O–H groups in total. The first-order valence-electron chi connectivity index (χ1n) is 3.28. The molecule has 1 fully saturated rings. The standard InChI is InChI=1S/C7H13O.HI.Zn/c1-8-7-5-3-2-4-6-7;;/h2,7H,3-6H2,1H3;1H;/q-1;;. The second kappa shape index (κ2) is 8.41. The van der Waals surface area contributed by atoms with Crippen LogP contribution in [0.5, 0.6) is 0 Å². The summed E-state index contributed by atoms with van der Waals surface area (Å²) in [6, 6.07) is 0. The number of rotatable bonds is 1. The van der Waals surface area contributed by atoms with E-state index in [-0.39, 0.29) is 43.5 Å². The van der Waals surface area contributed by atoms with Crippen LogP contribution in [0, 0.1) is 6.42 Å². The van der Waals surface area contributed by atoms with Crippen LogP contribution < -0.4 is 0 Å². The Hall–Kier alpha value is 1.31. The minimum absolute atomic E-state index is 0. The van der Waals surface area contributed by atoms with Crippen LogP contribution in [0.2, 0.25) is 0 Å². The van der Waals surface area contributed by atoms with Crippen LogP contribution in [0.4, 0.5) is 0 Å². The van der Waals surface area contributed by atoms with Crippen LogP contribution in [0.15, 0.2) is 0 Å². The molecule has 0 unspecified atom stereocenters. The van der Waals surface area contributed by atoms with Gasteiger partial charge in [-0.15, -0.1) is 24.0 Å². The Labute approximate surface area is 93.1 Å². The largest absolute Gasteiger partial charge is 0.382 e. The van der Waals surface area contributed by atoms with Gasteiger partial charge in [-0.25, -0.2) is 0 Å². The van der Waals surface area contributed by atoms with Gasteiger partial charge < -0.3 is 11.2 Å². The summed E-state index contributed by atoms with van der Waals surface area (Å²) in [5.41, 5.74) is 0. The van der Waals surface area contributed by atoms with Crippen molar-refractivity contribution in [1.29, 1.82) is 0 Å². The van der Waals surface area contributed by atoms with Crippen molar-refractivity contribution in [3.05, 3.63) is 6.42 Å². The Bertz CT molecular complexity index is 64.6. The monoisotopic (exact) mass is 305 g/mol. The molecule has 1 saturated carbocycles.